The van der Waals surface area contributed by atoms with Gasteiger partial charge in [0.2, 0.25) is 5.91 Å². The number of nitrogens with zero attached hydrogens (tertiary/aromatic N) is 2. The van der Waals surface area contributed by atoms with Crippen molar-refractivity contribution in [1.82, 2.24) is 4.90 Å². The molecule has 0 unspecified atom stereocenters. The number of anilines is 2. The fourth-order valence-corrected chi connectivity index (χ4v) is 3.87. The van der Waals surface area contributed by atoms with Gasteiger partial charge in [-0.25, -0.2) is 0 Å². The third kappa shape index (κ3) is 4.73. The minimum absolute atomic E-state index is 0.0569. The predicted octanol–water partition coefficient (Wildman–Crippen LogP) is 4.60. The van der Waals surface area contributed by atoms with Crippen LogP contribution in [-0.2, 0) is 11.3 Å². The zero-order valence-electron chi connectivity index (χ0n) is 17.1. The van der Waals surface area contributed by atoms with E-state index in [9.17, 15) is 9.59 Å². The second kappa shape index (κ2) is 8.78. The number of amides is 2. The van der Waals surface area contributed by atoms with Crippen LogP contribution in [0.4, 0.5) is 11.4 Å². The van der Waals surface area contributed by atoms with Gasteiger partial charge in [0.05, 0.1) is 4.88 Å². The highest BCUT2D eigenvalue weighted by atomic mass is 32.1. The predicted molar refractivity (Wildman–Crippen MR) is 116 cm³/mol. The van der Waals surface area contributed by atoms with Gasteiger partial charge in [0.1, 0.15) is 0 Å². The normalized spacial score (nSPS) is 14.4. The Morgan fingerprint density at radius 2 is 2.00 bits per heavy atom. The number of carbonyl (C=O) groups is 2. The highest BCUT2D eigenvalue weighted by molar-refractivity contribution is 7.12. The number of thiophene rings is 1. The Bertz CT molecular complexity index is 828. The molecule has 1 fully saturated rings. The molecule has 1 saturated carbocycles. The number of carbonyl (C=O) groups excluding carboxylic acids is 2. The smallest absolute Gasteiger partial charge is 0.264 e. The molecule has 28 heavy (non-hydrogen) atoms. The van der Waals surface area contributed by atoms with Crippen LogP contribution >= 0.6 is 11.3 Å². The molecule has 1 N–H and O–H groups in total. The van der Waals surface area contributed by atoms with E-state index < -0.39 is 0 Å². The lowest BCUT2D eigenvalue weighted by Crippen LogP contribution is -2.37. The van der Waals surface area contributed by atoms with Crippen molar-refractivity contribution in [2.45, 2.75) is 45.7 Å². The molecule has 1 aliphatic carbocycles. The Kier molecular flexibility index (Phi) is 6.39. The van der Waals surface area contributed by atoms with Gasteiger partial charge in [-0.15, -0.1) is 11.3 Å². The molecular formula is C22H29N3O2S. The highest BCUT2D eigenvalue weighted by Gasteiger charge is 2.30. The first kappa shape index (κ1) is 20.4. The van der Waals surface area contributed by atoms with Gasteiger partial charge in [-0.2, -0.15) is 0 Å². The largest absolute Gasteiger partial charge is 0.377 e. The Balaban J connectivity index is 1.89. The maximum atomic E-state index is 13.1. The summed E-state index contributed by atoms with van der Waals surface area (Å²) in [6.45, 7) is 4.68. The molecule has 6 heteroatoms. The first-order valence-corrected chi connectivity index (χ1v) is 10.7. The van der Waals surface area contributed by atoms with E-state index >= 15 is 0 Å². The molecule has 2 aromatic rings. The summed E-state index contributed by atoms with van der Waals surface area (Å²) in [5, 5.41) is 4.96. The third-order valence-electron chi connectivity index (χ3n) is 5.23. The number of rotatable bonds is 8. The van der Waals surface area contributed by atoms with Crippen molar-refractivity contribution in [3.63, 3.8) is 0 Å². The molecule has 0 saturated heterocycles. The molecule has 1 heterocycles. The summed E-state index contributed by atoms with van der Waals surface area (Å²) in [4.78, 5) is 30.0. The zero-order valence-corrected chi connectivity index (χ0v) is 17.9. The summed E-state index contributed by atoms with van der Waals surface area (Å²) in [7, 11) is 3.99. The van der Waals surface area contributed by atoms with Crippen molar-refractivity contribution in [1.29, 1.82) is 0 Å². The van der Waals surface area contributed by atoms with E-state index in [2.05, 4.69) is 19.2 Å². The van der Waals surface area contributed by atoms with Crippen LogP contribution in [0.3, 0.4) is 0 Å². The SMILES string of the molecule is CC[C@H](C)N(Cc1cc(NC(=O)C2CC2)ccc1N(C)C)C(=O)c1cccs1. The van der Waals surface area contributed by atoms with Crippen LogP contribution in [0.2, 0.25) is 0 Å². The molecule has 0 spiro atoms. The van der Waals surface area contributed by atoms with Crippen molar-refractivity contribution in [2.24, 2.45) is 5.92 Å². The van der Waals surface area contributed by atoms with Gasteiger partial charge in [0, 0.05) is 44.0 Å². The summed E-state index contributed by atoms with van der Waals surface area (Å²) in [6.07, 6.45) is 2.84. The lowest BCUT2D eigenvalue weighted by atomic mass is 10.1. The number of hydrogen-bond donors (Lipinski definition) is 1. The molecule has 3 rings (SSSR count). The lowest BCUT2D eigenvalue weighted by molar-refractivity contribution is -0.117. The summed E-state index contributed by atoms with van der Waals surface area (Å²) in [6, 6.07) is 9.87. The van der Waals surface area contributed by atoms with E-state index in [1.807, 2.05) is 59.6 Å². The van der Waals surface area contributed by atoms with E-state index in [1.54, 1.807) is 0 Å². The van der Waals surface area contributed by atoms with Crippen molar-refractivity contribution < 1.29 is 9.59 Å². The molecule has 150 valence electrons. The van der Waals surface area contributed by atoms with Gasteiger partial charge in [0.25, 0.3) is 5.91 Å². The lowest BCUT2D eigenvalue weighted by Gasteiger charge is -2.30. The van der Waals surface area contributed by atoms with Gasteiger partial charge in [-0.1, -0.05) is 13.0 Å². The molecule has 1 aromatic heterocycles. The van der Waals surface area contributed by atoms with Gasteiger partial charge in [0.15, 0.2) is 0 Å². The molecule has 0 bridgehead atoms. The molecule has 5 nitrogen and oxygen atoms in total. The summed E-state index contributed by atoms with van der Waals surface area (Å²) >= 11 is 1.47. The standard InChI is InChI=1S/C22H29N3O2S/c1-5-15(2)25(22(27)20-7-6-12-28-20)14-17-13-18(10-11-19(17)24(3)4)23-21(26)16-8-9-16/h6-7,10-13,15-16H,5,8-9,14H2,1-4H3,(H,23,26)/t15-/m0/s1. The second-order valence-corrected chi connectivity index (χ2v) is 8.62. The first-order valence-electron chi connectivity index (χ1n) is 9.86. The number of benzene rings is 1. The van der Waals surface area contributed by atoms with E-state index in [1.165, 1.54) is 11.3 Å². The molecule has 0 aliphatic heterocycles. The van der Waals surface area contributed by atoms with Crippen LogP contribution in [0.25, 0.3) is 0 Å². The van der Waals surface area contributed by atoms with Crippen molar-refractivity contribution in [3.8, 4) is 0 Å². The monoisotopic (exact) mass is 399 g/mol. The van der Waals surface area contributed by atoms with E-state index in [0.717, 1.165) is 41.1 Å². The minimum atomic E-state index is 0.0569. The molecular weight excluding hydrogens is 370 g/mol. The van der Waals surface area contributed by atoms with Crippen molar-refractivity contribution >= 4 is 34.5 Å². The van der Waals surface area contributed by atoms with E-state index in [4.69, 9.17) is 0 Å². The van der Waals surface area contributed by atoms with Crippen LogP contribution < -0.4 is 10.2 Å². The fourth-order valence-electron chi connectivity index (χ4n) is 3.19. The number of nitrogens with one attached hydrogen (secondary N) is 1. The summed E-state index contributed by atoms with van der Waals surface area (Å²) in [5.41, 5.74) is 2.88. The van der Waals surface area contributed by atoms with Crippen LogP contribution in [0.15, 0.2) is 35.7 Å². The zero-order chi connectivity index (χ0) is 20.3. The second-order valence-electron chi connectivity index (χ2n) is 7.67. The van der Waals surface area contributed by atoms with Gasteiger partial charge < -0.3 is 15.1 Å². The van der Waals surface area contributed by atoms with E-state index in [0.29, 0.717) is 6.54 Å². The van der Waals surface area contributed by atoms with Crippen molar-refractivity contribution in [2.75, 3.05) is 24.3 Å². The Morgan fingerprint density at radius 3 is 2.57 bits per heavy atom. The molecule has 2 amide bonds. The van der Waals surface area contributed by atoms with Gasteiger partial charge in [-0.05, 0) is 61.4 Å². The fraction of sp³-hybridized carbons (Fsp3) is 0.455. The Hall–Kier alpha value is -2.34. The summed E-state index contributed by atoms with van der Waals surface area (Å²) < 4.78 is 0. The molecule has 1 aliphatic rings. The van der Waals surface area contributed by atoms with Gasteiger partial charge in [-0.3, -0.25) is 9.59 Å². The molecule has 1 aromatic carbocycles. The number of hydrogen-bond acceptors (Lipinski definition) is 4. The van der Waals surface area contributed by atoms with Crippen LogP contribution in [0.1, 0.15) is 48.3 Å². The molecule has 0 radical (unpaired) electrons. The van der Waals surface area contributed by atoms with Crippen LogP contribution in [-0.4, -0.2) is 36.9 Å². The first-order chi connectivity index (χ1) is 13.4. The molecule has 1 atom stereocenters. The van der Waals surface area contributed by atoms with Crippen LogP contribution in [0, 0.1) is 5.92 Å². The maximum Gasteiger partial charge on any atom is 0.264 e. The highest BCUT2D eigenvalue weighted by Crippen LogP contribution is 2.31. The summed E-state index contributed by atoms with van der Waals surface area (Å²) in [5.74, 6) is 0.312. The Morgan fingerprint density at radius 1 is 1.25 bits per heavy atom. The quantitative estimate of drug-likeness (QED) is 0.706. The maximum absolute atomic E-state index is 13.1. The van der Waals surface area contributed by atoms with Gasteiger partial charge >= 0.3 is 0 Å². The van der Waals surface area contributed by atoms with Crippen molar-refractivity contribution in [3.05, 3.63) is 46.2 Å². The average Bonchev–Trinajstić information content (AvgIpc) is 3.39. The minimum Gasteiger partial charge on any atom is -0.377 e. The Labute approximate surface area is 171 Å². The third-order valence-corrected chi connectivity index (χ3v) is 6.09. The topological polar surface area (TPSA) is 52.7 Å². The average molecular weight is 400 g/mol. The van der Waals surface area contributed by atoms with Crippen LogP contribution in [0.5, 0.6) is 0 Å². The van der Waals surface area contributed by atoms with E-state index in [-0.39, 0.29) is 23.8 Å².